The zero-order valence-electron chi connectivity index (χ0n) is 7.83. The molecule has 7 heteroatoms. The molecular formula is C9H7BrFNO4. The third kappa shape index (κ3) is 2.93. The van der Waals surface area contributed by atoms with Crippen LogP contribution < -0.4 is 5.32 Å². The van der Waals surface area contributed by atoms with E-state index >= 15 is 0 Å². The lowest BCUT2D eigenvalue weighted by Gasteiger charge is -2.07. The minimum absolute atomic E-state index is 0.0414. The first-order valence-electron chi connectivity index (χ1n) is 4.10. The average Bonchev–Trinajstić information content (AvgIpc) is 2.19. The third-order valence-corrected chi connectivity index (χ3v) is 2.28. The number of carboxylic acids is 2. The third-order valence-electron chi connectivity index (χ3n) is 1.70. The molecule has 1 rings (SSSR count). The highest BCUT2D eigenvalue weighted by Crippen LogP contribution is 2.24. The van der Waals surface area contributed by atoms with Crippen molar-refractivity contribution in [2.75, 3.05) is 11.9 Å². The van der Waals surface area contributed by atoms with Crippen LogP contribution in [0, 0.1) is 5.82 Å². The minimum Gasteiger partial charge on any atom is -0.480 e. The number of benzene rings is 1. The summed E-state index contributed by atoms with van der Waals surface area (Å²) < 4.78 is 13.2. The van der Waals surface area contributed by atoms with E-state index in [2.05, 4.69) is 21.2 Å². The average molecular weight is 292 g/mol. The van der Waals surface area contributed by atoms with Crippen molar-refractivity contribution in [3.63, 3.8) is 0 Å². The maximum absolute atomic E-state index is 13.3. The van der Waals surface area contributed by atoms with Crippen molar-refractivity contribution >= 4 is 33.6 Å². The second kappa shape index (κ2) is 4.93. The zero-order valence-corrected chi connectivity index (χ0v) is 9.41. The van der Waals surface area contributed by atoms with Gasteiger partial charge in [-0.15, -0.1) is 0 Å². The van der Waals surface area contributed by atoms with Gasteiger partial charge in [0.1, 0.15) is 6.54 Å². The normalized spacial score (nSPS) is 9.88. The Morgan fingerprint density at radius 3 is 2.50 bits per heavy atom. The highest BCUT2D eigenvalue weighted by Gasteiger charge is 2.15. The first kappa shape index (κ1) is 12.4. The van der Waals surface area contributed by atoms with Gasteiger partial charge in [-0.3, -0.25) is 4.79 Å². The first-order valence-corrected chi connectivity index (χ1v) is 4.89. The Balaban J connectivity index is 3.04. The second-order valence-electron chi connectivity index (χ2n) is 2.87. The molecule has 86 valence electrons. The topological polar surface area (TPSA) is 86.6 Å². The van der Waals surface area contributed by atoms with Gasteiger partial charge in [0.25, 0.3) is 0 Å². The fourth-order valence-corrected chi connectivity index (χ4v) is 1.48. The number of nitrogens with one attached hydrogen (secondary N) is 1. The van der Waals surface area contributed by atoms with Crippen LogP contribution in [0.15, 0.2) is 16.6 Å². The Labute approximate surface area is 98.0 Å². The van der Waals surface area contributed by atoms with Gasteiger partial charge in [-0.25, -0.2) is 9.18 Å². The summed E-state index contributed by atoms with van der Waals surface area (Å²) in [6.07, 6.45) is 0. The van der Waals surface area contributed by atoms with E-state index in [1.165, 1.54) is 6.07 Å². The Hall–Kier alpha value is -1.63. The van der Waals surface area contributed by atoms with E-state index in [1.54, 1.807) is 0 Å². The molecule has 0 atom stereocenters. The summed E-state index contributed by atoms with van der Waals surface area (Å²) in [7, 11) is 0. The molecular weight excluding hydrogens is 285 g/mol. The van der Waals surface area contributed by atoms with Crippen LogP contribution in [0.25, 0.3) is 0 Å². The fourth-order valence-electron chi connectivity index (χ4n) is 1.02. The molecule has 0 heterocycles. The highest BCUT2D eigenvalue weighted by molar-refractivity contribution is 9.10. The number of anilines is 1. The number of carboxylic acid groups (broad SMARTS) is 2. The SMILES string of the molecule is O=C(O)CNc1cc(Br)c(F)c(C(=O)O)c1. The lowest BCUT2D eigenvalue weighted by atomic mass is 10.2. The standard InChI is InChI=1S/C9H7BrFNO4/c10-6-2-4(12-3-7(13)14)1-5(8(6)11)9(15)16/h1-2,12H,3H2,(H,13,14)(H,15,16). The molecule has 0 aliphatic heterocycles. The molecule has 3 N–H and O–H groups in total. The number of hydrogen-bond donors (Lipinski definition) is 3. The van der Waals surface area contributed by atoms with E-state index in [1.807, 2.05) is 0 Å². The molecule has 16 heavy (non-hydrogen) atoms. The van der Waals surface area contributed by atoms with Gasteiger partial charge in [0, 0.05) is 5.69 Å². The molecule has 0 unspecified atom stereocenters. The molecule has 1 aromatic carbocycles. The van der Waals surface area contributed by atoms with Crippen molar-refractivity contribution in [2.24, 2.45) is 0 Å². The number of rotatable bonds is 4. The Morgan fingerprint density at radius 1 is 1.38 bits per heavy atom. The molecule has 0 aromatic heterocycles. The minimum atomic E-state index is -1.42. The van der Waals surface area contributed by atoms with Crippen molar-refractivity contribution in [2.45, 2.75) is 0 Å². The summed E-state index contributed by atoms with van der Waals surface area (Å²) in [4.78, 5) is 20.9. The van der Waals surface area contributed by atoms with Gasteiger partial charge in [-0.05, 0) is 28.1 Å². The number of aliphatic carboxylic acids is 1. The molecule has 5 nitrogen and oxygen atoms in total. The van der Waals surface area contributed by atoms with E-state index in [4.69, 9.17) is 10.2 Å². The molecule has 0 bridgehead atoms. The van der Waals surface area contributed by atoms with E-state index in [9.17, 15) is 14.0 Å². The highest BCUT2D eigenvalue weighted by atomic mass is 79.9. The summed E-state index contributed by atoms with van der Waals surface area (Å²) in [5.74, 6) is -3.41. The maximum atomic E-state index is 13.3. The summed E-state index contributed by atoms with van der Waals surface area (Å²) in [6.45, 7) is -0.378. The lowest BCUT2D eigenvalue weighted by molar-refractivity contribution is -0.134. The van der Waals surface area contributed by atoms with Crippen molar-refractivity contribution in [1.82, 2.24) is 0 Å². The van der Waals surface area contributed by atoms with Crippen LogP contribution in [0.2, 0.25) is 0 Å². The zero-order chi connectivity index (χ0) is 12.3. The molecule has 0 saturated carbocycles. The van der Waals surface area contributed by atoms with Crippen LogP contribution in [-0.4, -0.2) is 28.7 Å². The number of halogens is 2. The molecule has 0 aliphatic carbocycles. The van der Waals surface area contributed by atoms with Crippen LogP contribution in [0.1, 0.15) is 10.4 Å². The van der Waals surface area contributed by atoms with E-state index < -0.39 is 23.3 Å². The lowest BCUT2D eigenvalue weighted by Crippen LogP contribution is -2.13. The Kier molecular flexibility index (Phi) is 3.83. The molecule has 0 spiro atoms. The molecule has 0 amide bonds. The fraction of sp³-hybridized carbons (Fsp3) is 0.111. The molecule has 0 saturated heterocycles. The van der Waals surface area contributed by atoms with Gasteiger partial charge in [0.05, 0.1) is 10.0 Å². The first-order chi connectivity index (χ1) is 7.41. The molecule has 0 aliphatic rings. The van der Waals surface area contributed by atoms with Crippen molar-refractivity contribution in [1.29, 1.82) is 0 Å². The predicted octanol–water partition coefficient (Wildman–Crippen LogP) is 1.78. The van der Waals surface area contributed by atoms with E-state index in [0.717, 1.165) is 6.07 Å². The maximum Gasteiger partial charge on any atom is 0.338 e. The van der Waals surface area contributed by atoms with Gasteiger partial charge in [0.2, 0.25) is 0 Å². The smallest absolute Gasteiger partial charge is 0.338 e. The van der Waals surface area contributed by atoms with Crippen LogP contribution in [-0.2, 0) is 4.79 Å². The van der Waals surface area contributed by atoms with Gasteiger partial charge >= 0.3 is 11.9 Å². The monoisotopic (exact) mass is 291 g/mol. The second-order valence-corrected chi connectivity index (χ2v) is 3.73. The summed E-state index contributed by atoms with van der Waals surface area (Å²) in [5.41, 5.74) is -0.310. The van der Waals surface area contributed by atoms with Crippen LogP contribution in [0.5, 0.6) is 0 Å². The summed E-state index contributed by atoms with van der Waals surface area (Å²) >= 11 is 2.85. The van der Waals surface area contributed by atoms with Crippen LogP contribution >= 0.6 is 15.9 Å². The van der Waals surface area contributed by atoms with E-state index in [0.29, 0.717) is 0 Å². The molecule has 1 aromatic rings. The van der Waals surface area contributed by atoms with Crippen LogP contribution in [0.4, 0.5) is 10.1 Å². The van der Waals surface area contributed by atoms with Crippen molar-refractivity contribution in [3.05, 3.63) is 28.0 Å². The largest absolute Gasteiger partial charge is 0.480 e. The molecule has 0 fully saturated rings. The number of aromatic carboxylic acids is 1. The van der Waals surface area contributed by atoms with Gasteiger partial charge in [0.15, 0.2) is 5.82 Å². The number of hydrogen-bond acceptors (Lipinski definition) is 3. The van der Waals surface area contributed by atoms with E-state index in [-0.39, 0.29) is 16.7 Å². The quantitative estimate of drug-likeness (QED) is 0.787. The van der Waals surface area contributed by atoms with Crippen molar-refractivity contribution in [3.8, 4) is 0 Å². The molecule has 0 radical (unpaired) electrons. The van der Waals surface area contributed by atoms with Gasteiger partial charge < -0.3 is 15.5 Å². The Morgan fingerprint density at radius 2 is 2.00 bits per heavy atom. The van der Waals surface area contributed by atoms with Crippen LogP contribution in [0.3, 0.4) is 0 Å². The van der Waals surface area contributed by atoms with Gasteiger partial charge in [-0.1, -0.05) is 0 Å². The summed E-state index contributed by atoms with van der Waals surface area (Å²) in [5, 5.41) is 19.5. The Bertz CT molecular complexity index is 449. The predicted molar refractivity (Wildman–Crippen MR) is 57.2 cm³/mol. The van der Waals surface area contributed by atoms with Crippen molar-refractivity contribution < 1.29 is 24.2 Å². The number of carbonyl (C=O) groups is 2. The summed E-state index contributed by atoms with van der Waals surface area (Å²) in [6, 6.07) is 2.30. The van der Waals surface area contributed by atoms with Gasteiger partial charge in [-0.2, -0.15) is 0 Å².